The molecule has 0 aliphatic carbocycles. The van der Waals surface area contributed by atoms with Crippen LogP contribution in [0.15, 0.2) is 42.5 Å². The van der Waals surface area contributed by atoms with Crippen molar-refractivity contribution in [3.8, 4) is 0 Å². The number of methoxy groups -OCH3 is 1. The maximum atomic E-state index is 12.1. The molecular weight excluding hydrogens is 314 g/mol. The fraction of sp³-hybridized carbons (Fsp3) is 0.222. The summed E-state index contributed by atoms with van der Waals surface area (Å²) in [4.78, 5) is 23.7. The van der Waals surface area contributed by atoms with Gasteiger partial charge in [0.15, 0.2) is 0 Å². The second kappa shape index (κ2) is 7.79. The predicted molar refractivity (Wildman–Crippen MR) is 90.9 cm³/mol. The molecule has 0 saturated heterocycles. The van der Waals surface area contributed by atoms with E-state index < -0.39 is 5.97 Å². The molecule has 1 amide bonds. The Hall–Kier alpha value is -2.33. The van der Waals surface area contributed by atoms with Crippen LogP contribution in [0.5, 0.6) is 0 Å². The number of ether oxygens (including phenoxy) is 1. The lowest BCUT2D eigenvalue weighted by Gasteiger charge is -2.08. The molecule has 0 fully saturated rings. The van der Waals surface area contributed by atoms with Gasteiger partial charge in [0.2, 0.25) is 5.91 Å². The number of aryl methyl sites for hydroxylation is 1. The van der Waals surface area contributed by atoms with Gasteiger partial charge in [-0.2, -0.15) is 0 Å². The second-order valence-corrected chi connectivity index (χ2v) is 5.49. The van der Waals surface area contributed by atoms with Crippen LogP contribution >= 0.6 is 11.6 Å². The van der Waals surface area contributed by atoms with E-state index in [1.54, 1.807) is 12.1 Å². The largest absolute Gasteiger partial charge is 0.465 e. The first-order chi connectivity index (χ1) is 11.0. The molecule has 0 heterocycles. The Balaban J connectivity index is 2.06. The van der Waals surface area contributed by atoms with Gasteiger partial charge in [0.1, 0.15) is 0 Å². The van der Waals surface area contributed by atoms with E-state index in [4.69, 9.17) is 11.6 Å². The third-order valence-electron chi connectivity index (χ3n) is 3.45. The highest BCUT2D eigenvalue weighted by Gasteiger charge is 2.12. The van der Waals surface area contributed by atoms with E-state index in [0.717, 1.165) is 12.0 Å². The van der Waals surface area contributed by atoms with Gasteiger partial charge in [-0.3, -0.25) is 4.79 Å². The zero-order valence-electron chi connectivity index (χ0n) is 13.1. The molecule has 0 atom stereocenters. The molecule has 120 valence electrons. The van der Waals surface area contributed by atoms with Crippen molar-refractivity contribution in [2.75, 3.05) is 12.4 Å². The van der Waals surface area contributed by atoms with Crippen LogP contribution in [0, 0.1) is 0 Å². The lowest BCUT2D eigenvalue weighted by molar-refractivity contribution is -0.115. The monoisotopic (exact) mass is 331 g/mol. The molecule has 4 nitrogen and oxygen atoms in total. The third kappa shape index (κ3) is 4.57. The van der Waals surface area contributed by atoms with E-state index in [1.165, 1.54) is 18.7 Å². The summed E-state index contributed by atoms with van der Waals surface area (Å²) >= 11 is 5.95. The molecule has 0 spiro atoms. The van der Waals surface area contributed by atoms with Crippen molar-refractivity contribution in [3.63, 3.8) is 0 Å². The number of esters is 1. The van der Waals surface area contributed by atoms with E-state index in [-0.39, 0.29) is 22.9 Å². The Morgan fingerprint density at radius 3 is 2.35 bits per heavy atom. The number of rotatable bonds is 5. The first kappa shape index (κ1) is 17.0. The molecule has 0 aliphatic heterocycles. The van der Waals surface area contributed by atoms with E-state index in [9.17, 15) is 9.59 Å². The normalized spacial score (nSPS) is 10.2. The van der Waals surface area contributed by atoms with Gasteiger partial charge in [-0.1, -0.05) is 42.8 Å². The summed E-state index contributed by atoms with van der Waals surface area (Å²) in [7, 11) is 1.28. The van der Waals surface area contributed by atoms with Crippen LogP contribution in [0.25, 0.3) is 0 Å². The van der Waals surface area contributed by atoms with Gasteiger partial charge in [0, 0.05) is 5.69 Å². The number of halogens is 1. The predicted octanol–water partition coefficient (Wildman–Crippen LogP) is 3.87. The van der Waals surface area contributed by atoms with Crippen LogP contribution in [0.4, 0.5) is 5.69 Å². The molecular formula is C18H18ClNO3. The number of benzene rings is 2. The highest BCUT2D eigenvalue weighted by atomic mass is 35.5. The molecule has 5 heteroatoms. The van der Waals surface area contributed by atoms with Gasteiger partial charge in [-0.25, -0.2) is 4.79 Å². The van der Waals surface area contributed by atoms with Crippen molar-refractivity contribution in [2.24, 2.45) is 0 Å². The minimum Gasteiger partial charge on any atom is -0.465 e. The summed E-state index contributed by atoms with van der Waals surface area (Å²) < 4.78 is 4.66. The molecule has 2 rings (SSSR count). The summed E-state index contributed by atoms with van der Waals surface area (Å²) in [6.45, 7) is 2.08. The minimum absolute atomic E-state index is 0.160. The molecule has 2 aromatic rings. The molecule has 0 aliphatic rings. The summed E-state index contributed by atoms with van der Waals surface area (Å²) in [6, 6.07) is 12.6. The van der Waals surface area contributed by atoms with Gasteiger partial charge in [-0.05, 0) is 35.7 Å². The zero-order chi connectivity index (χ0) is 16.8. The number of amides is 1. The number of hydrogen-bond donors (Lipinski definition) is 1. The first-order valence-corrected chi connectivity index (χ1v) is 7.66. The summed E-state index contributed by atoms with van der Waals surface area (Å²) in [5.41, 5.74) is 2.89. The van der Waals surface area contributed by atoms with Crippen molar-refractivity contribution < 1.29 is 14.3 Å². The highest BCUT2D eigenvalue weighted by Crippen LogP contribution is 2.21. The molecule has 0 saturated carbocycles. The molecule has 0 bridgehead atoms. The van der Waals surface area contributed by atoms with Crippen molar-refractivity contribution in [3.05, 3.63) is 64.2 Å². The van der Waals surface area contributed by atoms with E-state index in [1.807, 2.05) is 24.3 Å². The average Bonchev–Trinajstić information content (AvgIpc) is 2.56. The van der Waals surface area contributed by atoms with Crippen LogP contribution in [-0.4, -0.2) is 19.0 Å². The quantitative estimate of drug-likeness (QED) is 0.846. The van der Waals surface area contributed by atoms with Gasteiger partial charge >= 0.3 is 5.97 Å². The van der Waals surface area contributed by atoms with Crippen molar-refractivity contribution >= 4 is 29.2 Å². The van der Waals surface area contributed by atoms with Crippen molar-refractivity contribution in [1.82, 2.24) is 0 Å². The first-order valence-electron chi connectivity index (χ1n) is 7.29. The molecule has 0 aromatic heterocycles. The standard InChI is InChI=1S/C18H18ClNO3/c1-3-12-4-6-13(7-5-12)10-17(21)20-14-8-9-16(19)15(11-14)18(22)23-2/h4-9,11H,3,10H2,1-2H3,(H,20,21). The van der Waals surface area contributed by atoms with Crippen molar-refractivity contribution in [2.45, 2.75) is 19.8 Å². The SMILES string of the molecule is CCc1ccc(CC(=O)Nc2ccc(Cl)c(C(=O)OC)c2)cc1. The Morgan fingerprint density at radius 2 is 1.74 bits per heavy atom. The molecule has 0 radical (unpaired) electrons. The van der Waals surface area contributed by atoms with Crippen molar-refractivity contribution in [1.29, 1.82) is 0 Å². The van der Waals surface area contributed by atoms with Gasteiger partial charge in [-0.15, -0.1) is 0 Å². The van der Waals surface area contributed by atoms with Gasteiger partial charge in [0.25, 0.3) is 0 Å². The van der Waals surface area contributed by atoms with Crippen LogP contribution in [0.3, 0.4) is 0 Å². The van der Waals surface area contributed by atoms with Crippen LogP contribution in [-0.2, 0) is 22.4 Å². The molecule has 0 unspecified atom stereocenters. The van der Waals surface area contributed by atoms with Crippen LogP contribution < -0.4 is 5.32 Å². The number of carbonyl (C=O) groups excluding carboxylic acids is 2. The average molecular weight is 332 g/mol. The molecule has 2 aromatic carbocycles. The fourth-order valence-electron chi connectivity index (χ4n) is 2.15. The summed E-state index contributed by atoms with van der Waals surface area (Å²) in [6.07, 6.45) is 1.23. The van der Waals surface area contributed by atoms with Gasteiger partial charge in [0.05, 0.1) is 24.1 Å². The maximum Gasteiger partial charge on any atom is 0.339 e. The maximum absolute atomic E-state index is 12.1. The minimum atomic E-state index is -0.541. The van der Waals surface area contributed by atoms with E-state index >= 15 is 0 Å². The Labute approximate surface area is 140 Å². The van der Waals surface area contributed by atoms with Crippen LogP contribution in [0.1, 0.15) is 28.4 Å². The topological polar surface area (TPSA) is 55.4 Å². The zero-order valence-corrected chi connectivity index (χ0v) is 13.8. The van der Waals surface area contributed by atoms with Crippen LogP contribution in [0.2, 0.25) is 5.02 Å². The lowest BCUT2D eigenvalue weighted by Crippen LogP contribution is -2.15. The Bertz CT molecular complexity index is 711. The number of anilines is 1. The van der Waals surface area contributed by atoms with E-state index in [0.29, 0.717) is 5.69 Å². The number of carbonyl (C=O) groups is 2. The third-order valence-corrected chi connectivity index (χ3v) is 3.78. The number of nitrogens with one attached hydrogen (secondary N) is 1. The smallest absolute Gasteiger partial charge is 0.339 e. The Kier molecular flexibility index (Phi) is 5.77. The molecule has 1 N–H and O–H groups in total. The molecule has 23 heavy (non-hydrogen) atoms. The second-order valence-electron chi connectivity index (χ2n) is 5.08. The highest BCUT2D eigenvalue weighted by molar-refractivity contribution is 6.33. The summed E-state index contributed by atoms with van der Waals surface area (Å²) in [5, 5.41) is 3.04. The number of hydrogen-bond acceptors (Lipinski definition) is 3. The van der Waals surface area contributed by atoms with Gasteiger partial charge < -0.3 is 10.1 Å². The summed E-state index contributed by atoms with van der Waals surface area (Å²) in [5.74, 6) is -0.700. The Morgan fingerprint density at radius 1 is 1.09 bits per heavy atom. The fourth-order valence-corrected chi connectivity index (χ4v) is 2.35. The lowest BCUT2D eigenvalue weighted by atomic mass is 10.1. The van der Waals surface area contributed by atoms with E-state index in [2.05, 4.69) is 17.0 Å².